The predicted octanol–water partition coefficient (Wildman–Crippen LogP) is 1.87. The largest absolute Gasteiger partial charge is 0.192 e. The highest BCUT2D eigenvalue weighted by Gasteiger charge is 2.04. The van der Waals surface area contributed by atoms with Crippen LogP contribution < -0.4 is 0 Å². The van der Waals surface area contributed by atoms with Crippen LogP contribution in [0.3, 0.4) is 0 Å². The van der Waals surface area contributed by atoms with Crippen LogP contribution in [0, 0.1) is 18.3 Å². The zero-order valence-electron chi connectivity index (χ0n) is 6.40. The van der Waals surface area contributed by atoms with Crippen LogP contribution in [0.1, 0.15) is 11.1 Å². The van der Waals surface area contributed by atoms with Crippen molar-refractivity contribution in [3.05, 3.63) is 23.3 Å². The Morgan fingerprint density at radius 3 is 3.00 bits per heavy atom. The molecule has 0 spiro atoms. The third-order valence-corrected chi connectivity index (χ3v) is 2.17. The van der Waals surface area contributed by atoms with E-state index in [1.165, 1.54) is 0 Å². The topological polar surface area (TPSA) is 49.6 Å². The van der Waals surface area contributed by atoms with E-state index >= 15 is 0 Å². The summed E-state index contributed by atoms with van der Waals surface area (Å²) in [5.74, 6) is 0. The summed E-state index contributed by atoms with van der Waals surface area (Å²) in [6.07, 6.45) is 0. The van der Waals surface area contributed by atoms with Gasteiger partial charge < -0.3 is 0 Å². The Labute approximate surface area is 73.6 Å². The molecule has 0 fully saturated rings. The van der Waals surface area contributed by atoms with Gasteiger partial charge in [0, 0.05) is 0 Å². The Morgan fingerprint density at radius 2 is 2.25 bits per heavy atom. The summed E-state index contributed by atoms with van der Waals surface area (Å²) in [7, 11) is 0. The van der Waals surface area contributed by atoms with Crippen molar-refractivity contribution in [1.29, 1.82) is 5.26 Å². The van der Waals surface area contributed by atoms with Gasteiger partial charge >= 0.3 is 0 Å². The number of aromatic nitrogens is 2. The average molecular weight is 175 g/mol. The van der Waals surface area contributed by atoms with Crippen molar-refractivity contribution in [1.82, 2.24) is 8.75 Å². The highest BCUT2D eigenvalue weighted by Crippen LogP contribution is 2.17. The van der Waals surface area contributed by atoms with E-state index in [1.807, 2.05) is 19.1 Å². The fraction of sp³-hybridized carbons (Fsp3) is 0.125. The highest BCUT2D eigenvalue weighted by atomic mass is 32.1. The molecular formula is C8H5N3S. The first kappa shape index (κ1) is 7.19. The van der Waals surface area contributed by atoms with Gasteiger partial charge in [-0.25, -0.2) is 0 Å². The maximum Gasteiger partial charge on any atom is 0.122 e. The van der Waals surface area contributed by atoms with Gasteiger partial charge in [-0.05, 0) is 24.6 Å². The van der Waals surface area contributed by atoms with Gasteiger partial charge in [0.1, 0.15) is 17.1 Å². The quantitative estimate of drug-likeness (QED) is 0.614. The lowest BCUT2D eigenvalue weighted by Crippen LogP contribution is -1.80. The molecule has 58 valence electrons. The molecular weight excluding hydrogens is 170 g/mol. The average Bonchev–Trinajstić information content (AvgIpc) is 2.50. The summed E-state index contributed by atoms with van der Waals surface area (Å²) < 4.78 is 8.11. The first-order valence-corrected chi connectivity index (χ1v) is 4.17. The summed E-state index contributed by atoms with van der Waals surface area (Å²) in [6.45, 7) is 1.94. The lowest BCUT2D eigenvalue weighted by atomic mass is 10.1. The van der Waals surface area contributed by atoms with Gasteiger partial charge in [0.05, 0.1) is 17.3 Å². The minimum Gasteiger partial charge on any atom is -0.192 e. The molecule has 0 N–H and O–H groups in total. The summed E-state index contributed by atoms with van der Waals surface area (Å²) in [5, 5.41) is 8.77. The summed E-state index contributed by atoms with van der Waals surface area (Å²) >= 11 is 1.14. The fourth-order valence-corrected chi connectivity index (χ4v) is 1.66. The van der Waals surface area contributed by atoms with Crippen LogP contribution in [0.2, 0.25) is 0 Å². The lowest BCUT2D eigenvalue weighted by molar-refractivity contribution is 1.43. The zero-order chi connectivity index (χ0) is 8.55. The third kappa shape index (κ3) is 0.953. The molecule has 4 heteroatoms. The van der Waals surface area contributed by atoms with Crippen molar-refractivity contribution in [3.63, 3.8) is 0 Å². The van der Waals surface area contributed by atoms with Gasteiger partial charge in [-0.1, -0.05) is 0 Å². The number of nitriles is 1. The fourth-order valence-electron chi connectivity index (χ4n) is 1.12. The Bertz CT molecular complexity index is 467. The van der Waals surface area contributed by atoms with E-state index in [1.54, 1.807) is 0 Å². The van der Waals surface area contributed by atoms with Gasteiger partial charge in [-0.2, -0.15) is 14.0 Å². The number of benzene rings is 1. The second-order valence-corrected chi connectivity index (χ2v) is 3.08. The molecule has 0 radical (unpaired) electrons. The van der Waals surface area contributed by atoms with Gasteiger partial charge in [-0.15, -0.1) is 0 Å². The molecule has 0 unspecified atom stereocenters. The van der Waals surface area contributed by atoms with Crippen molar-refractivity contribution in [2.24, 2.45) is 0 Å². The number of aryl methyl sites for hydroxylation is 1. The molecule has 0 aliphatic rings. The standard InChI is InChI=1S/C8H5N3S/c1-5-2-6(4-9)8-7(3-5)10-12-11-8/h2-3H,1H3. The van der Waals surface area contributed by atoms with Crippen molar-refractivity contribution in [2.45, 2.75) is 6.92 Å². The Kier molecular flexibility index (Phi) is 1.52. The van der Waals surface area contributed by atoms with Crippen LogP contribution in [-0.4, -0.2) is 8.75 Å². The number of rotatable bonds is 0. The van der Waals surface area contributed by atoms with Crippen LogP contribution in [-0.2, 0) is 0 Å². The molecule has 0 bridgehead atoms. The van der Waals surface area contributed by atoms with Crippen LogP contribution >= 0.6 is 11.7 Å². The maximum absolute atomic E-state index is 8.77. The summed E-state index contributed by atoms with van der Waals surface area (Å²) in [6, 6.07) is 5.85. The molecule has 1 aromatic carbocycles. The van der Waals surface area contributed by atoms with Crippen molar-refractivity contribution in [3.8, 4) is 6.07 Å². The van der Waals surface area contributed by atoms with E-state index in [4.69, 9.17) is 5.26 Å². The predicted molar refractivity (Wildman–Crippen MR) is 46.9 cm³/mol. The van der Waals surface area contributed by atoms with E-state index in [9.17, 15) is 0 Å². The molecule has 2 aromatic rings. The smallest absolute Gasteiger partial charge is 0.122 e. The van der Waals surface area contributed by atoms with E-state index < -0.39 is 0 Å². The highest BCUT2D eigenvalue weighted by molar-refractivity contribution is 7.00. The van der Waals surface area contributed by atoms with E-state index in [0.29, 0.717) is 11.1 Å². The first-order chi connectivity index (χ1) is 5.81. The Morgan fingerprint density at radius 1 is 1.42 bits per heavy atom. The lowest BCUT2D eigenvalue weighted by Gasteiger charge is -1.92. The molecule has 12 heavy (non-hydrogen) atoms. The van der Waals surface area contributed by atoms with Gasteiger partial charge in [0.25, 0.3) is 0 Å². The molecule has 3 nitrogen and oxygen atoms in total. The normalized spacial score (nSPS) is 10.0. The molecule has 0 aliphatic heterocycles. The second-order valence-electron chi connectivity index (χ2n) is 2.56. The minimum atomic E-state index is 0.610. The minimum absolute atomic E-state index is 0.610. The number of nitrogens with zero attached hydrogens (tertiary/aromatic N) is 3. The number of hydrogen-bond acceptors (Lipinski definition) is 4. The van der Waals surface area contributed by atoms with Gasteiger partial charge in [-0.3, -0.25) is 0 Å². The van der Waals surface area contributed by atoms with Crippen LogP contribution in [0.25, 0.3) is 11.0 Å². The van der Waals surface area contributed by atoms with Crippen molar-refractivity contribution >= 4 is 22.8 Å². The molecule has 0 atom stereocenters. The van der Waals surface area contributed by atoms with Gasteiger partial charge in [0.2, 0.25) is 0 Å². The third-order valence-electron chi connectivity index (χ3n) is 1.63. The summed E-state index contributed by atoms with van der Waals surface area (Å²) in [4.78, 5) is 0. The van der Waals surface area contributed by atoms with Gasteiger partial charge in [0.15, 0.2) is 0 Å². The first-order valence-electron chi connectivity index (χ1n) is 3.44. The van der Waals surface area contributed by atoms with Crippen molar-refractivity contribution in [2.75, 3.05) is 0 Å². The molecule has 0 saturated heterocycles. The molecule has 0 amide bonds. The van der Waals surface area contributed by atoms with E-state index in [0.717, 1.165) is 22.8 Å². The number of hydrogen-bond donors (Lipinski definition) is 0. The maximum atomic E-state index is 8.77. The van der Waals surface area contributed by atoms with E-state index in [-0.39, 0.29) is 0 Å². The zero-order valence-corrected chi connectivity index (χ0v) is 7.22. The van der Waals surface area contributed by atoms with Crippen LogP contribution in [0.4, 0.5) is 0 Å². The molecule has 1 heterocycles. The monoisotopic (exact) mass is 175 g/mol. The summed E-state index contributed by atoms with van der Waals surface area (Å²) in [5.41, 5.74) is 3.19. The van der Waals surface area contributed by atoms with Crippen molar-refractivity contribution < 1.29 is 0 Å². The Balaban J connectivity index is 2.91. The molecule has 0 saturated carbocycles. The SMILES string of the molecule is Cc1cc(C#N)c2nsnc2c1. The second kappa shape index (κ2) is 2.54. The van der Waals surface area contributed by atoms with Crippen LogP contribution in [0.15, 0.2) is 12.1 Å². The molecule has 1 aromatic heterocycles. The van der Waals surface area contributed by atoms with E-state index in [2.05, 4.69) is 14.8 Å². The molecule has 0 aliphatic carbocycles. The van der Waals surface area contributed by atoms with Crippen LogP contribution in [0.5, 0.6) is 0 Å². The Hall–Kier alpha value is -1.47. The molecule has 2 rings (SSSR count). The number of fused-ring (bicyclic) bond motifs is 1.